The molecule has 8 heteroatoms. The van der Waals surface area contributed by atoms with Crippen LogP contribution in [0.2, 0.25) is 10.0 Å². The lowest BCUT2D eigenvalue weighted by Crippen LogP contribution is -2.31. The fraction of sp³-hybridized carbons (Fsp3) is 0.200. The Hall–Kier alpha value is -0.790. The summed E-state index contributed by atoms with van der Waals surface area (Å²) in [4.78, 5) is 0.797. The summed E-state index contributed by atoms with van der Waals surface area (Å²) in [5.74, 6) is 0.353. The second-order valence-corrected chi connectivity index (χ2v) is 8.65. The molecule has 1 atom stereocenters. The van der Waals surface area contributed by atoms with Crippen molar-refractivity contribution in [2.45, 2.75) is 22.3 Å². The van der Waals surface area contributed by atoms with Gasteiger partial charge in [-0.1, -0.05) is 29.3 Å². The van der Waals surface area contributed by atoms with E-state index in [2.05, 4.69) is 4.72 Å². The van der Waals surface area contributed by atoms with E-state index in [1.807, 2.05) is 0 Å². The average molecular weight is 392 g/mol. The van der Waals surface area contributed by atoms with Crippen LogP contribution in [0.1, 0.15) is 18.0 Å². The number of hydrogen-bond acceptors (Lipinski definition) is 3. The number of rotatable bonds is 3. The first-order valence-corrected chi connectivity index (χ1v) is 9.99. The molecule has 1 N–H and O–H groups in total. The molecular formula is C15H12Cl2FNO2S2. The molecule has 0 bridgehead atoms. The van der Waals surface area contributed by atoms with Crippen LogP contribution in [-0.4, -0.2) is 14.2 Å². The third-order valence-electron chi connectivity index (χ3n) is 3.51. The molecule has 23 heavy (non-hydrogen) atoms. The van der Waals surface area contributed by atoms with Crippen molar-refractivity contribution in [2.24, 2.45) is 0 Å². The maximum atomic E-state index is 13.5. The highest BCUT2D eigenvalue weighted by Crippen LogP contribution is 2.38. The third kappa shape index (κ3) is 3.51. The zero-order chi connectivity index (χ0) is 16.6. The minimum absolute atomic E-state index is 0.0219. The highest BCUT2D eigenvalue weighted by molar-refractivity contribution is 7.99. The molecule has 0 aromatic heterocycles. The quantitative estimate of drug-likeness (QED) is 0.827. The molecule has 122 valence electrons. The molecule has 0 saturated carbocycles. The van der Waals surface area contributed by atoms with E-state index >= 15 is 0 Å². The first-order chi connectivity index (χ1) is 10.9. The summed E-state index contributed by atoms with van der Waals surface area (Å²) in [6.45, 7) is 0. The van der Waals surface area contributed by atoms with Crippen LogP contribution >= 0.6 is 35.0 Å². The van der Waals surface area contributed by atoms with Gasteiger partial charge < -0.3 is 0 Å². The Bertz CT molecular complexity index is 859. The van der Waals surface area contributed by atoms with Crippen LogP contribution in [0, 0.1) is 5.82 Å². The van der Waals surface area contributed by atoms with Crippen molar-refractivity contribution in [1.82, 2.24) is 4.72 Å². The van der Waals surface area contributed by atoms with Gasteiger partial charge in [-0.25, -0.2) is 17.5 Å². The van der Waals surface area contributed by atoms with E-state index < -0.39 is 21.9 Å². The van der Waals surface area contributed by atoms with Crippen LogP contribution in [0.5, 0.6) is 0 Å². The number of halogens is 3. The fourth-order valence-electron chi connectivity index (χ4n) is 2.43. The van der Waals surface area contributed by atoms with E-state index in [0.29, 0.717) is 12.0 Å². The van der Waals surface area contributed by atoms with Crippen LogP contribution in [0.3, 0.4) is 0 Å². The molecule has 1 aliphatic rings. The number of thioether (sulfide) groups is 1. The topological polar surface area (TPSA) is 46.2 Å². The lowest BCUT2D eigenvalue weighted by atomic mass is 10.0. The summed E-state index contributed by atoms with van der Waals surface area (Å²) in [5, 5.41) is 0.145. The number of nitrogens with one attached hydrogen (secondary N) is 1. The van der Waals surface area contributed by atoms with Gasteiger partial charge in [-0.3, -0.25) is 0 Å². The van der Waals surface area contributed by atoms with Gasteiger partial charge in [0.2, 0.25) is 10.0 Å². The van der Waals surface area contributed by atoms with Crippen molar-refractivity contribution in [3.05, 3.63) is 57.8 Å². The Morgan fingerprint density at radius 2 is 2.00 bits per heavy atom. The minimum Gasteiger partial charge on any atom is -0.207 e. The fourth-order valence-corrected chi connectivity index (χ4v) is 5.55. The molecular weight excluding hydrogens is 380 g/mol. The second kappa shape index (κ2) is 6.61. The molecule has 0 spiro atoms. The van der Waals surface area contributed by atoms with Gasteiger partial charge in [0, 0.05) is 10.9 Å². The Morgan fingerprint density at radius 3 is 2.78 bits per heavy atom. The molecule has 1 heterocycles. The highest BCUT2D eigenvalue weighted by Gasteiger charge is 2.28. The van der Waals surface area contributed by atoms with E-state index in [-0.39, 0.29) is 14.9 Å². The Labute approximate surface area is 148 Å². The van der Waals surface area contributed by atoms with E-state index in [1.54, 1.807) is 17.8 Å². The van der Waals surface area contributed by atoms with Crippen LogP contribution in [-0.2, 0) is 10.0 Å². The van der Waals surface area contributed by atoms with Crippen LogP contribution in [0.15, 0.2) is 46.2 Å². The monoisotopic (exact) mass is 391 g/mol. The largest absolute Gasteiger partial charge is 0.242 e. The number of hydrogen-bond donors (Lipinski definition) is 1. The Balaban J connectivity index is 1.96. The van der Waals surface area contributed by atoms with E-state index in [1.165, 1.54) is 30.3 Å². The minimum atomic E-state index is -3.87. The van der Waals surface area contributed by atoms with Crippen molar-refractivity contribution in [2.75, 3.05) is 5.75 Å². The van der Waals surface area contributed by atoms with E-state index in [4.69, 9.17) is 23.2 Å². The molecule has 0 radical (unpaired) electrons. The van der Waals surface area contributed by atoms with Crippen LogP contribution in [0.4, 0.5) is 4.39 Å². The first-order valence-electron chi connectivity index (χ1n) is 6.77. The highest BCUT2D eigenvalue weighted by atomic mass is 35.5. The number of fused-ring (bicyclic) bond motifs is 1. The second-order valence-electron chi connectivity index (χ2n) is 5.05. The van der Waals surface area contributed by atoms with Gasteiger partial charge in [-0.05, 0) is 48.1 Å². The predicted octanol–water partition coefficient (Wildman–Crippen LogP) is 4.65. The van der Waals surface area contributed by atoms with Crippen molar-refractivity contribution in [3.63, 3.8) is 0 Å². The van der Waals surface area contributed by atoms with Gasteiger partial charge in [-0.15, -0.1) is 11.8 Å². The molecule has 0 aliphatic carbocycles. The van der Waals surface area contributed by atoms with Crippen LogP contribution in [0.25, 0.3) is 0 Å². The molecule has 2 aromatic carbocycles. The van der Waals surface area contributed by atoms with Gasteiger partial charge in [0.15, 0.2) is 0 Å². The van der Waals surface area contributed by atoms with Crippen molar-refractivity contribution in [1.29, 1.82) is 0 Å². The Morgan fingerprint density at radius 1 is 1.22 bits per heavy atom. The molecule has 0 amide bonds. The van der Waals surface area contributed by atoms with Crippen LogP contribution < -0.4 is 4.72 Å². The summed E-state index contributed by atoms with van der Waals surface area (Å²) in [6.07, 6.45) is 0.568. The number of benzene rings is 2. The summed E-state index contributed by atoms with van der Waals surface area (Å²) in [7, 11) is -3.87. The smallest absolute Gasteiger partial charge is 0.207 e. The summed E-state index contributed by atoms with van der Waals surface area (Å²) < 4.78 is 41.4. The molecule has 3 nitrogen and oxygen atoms in total. The van der Waals surface area contributed by atoms with Crippen molar-refractivity contribution in [3.8, 4) is 0 Å². The van der Waals surface area contributed by atoms with Crippen molar-refractivity contribution >= 4 is 45.0 Å². The van der Waals surface area contributed by atoms with Gasteiger partial charge in [0.1, 0.15) is 10.7 Å². The Kier molecular flexibility index (Phi) is 4.90. The van der Waals surface area contributed by atoms with E-state index in [0.717, 1.165) is 10.6 Å². The maximum Gasteiger partial charge on any atom is 0.242 e. The molecule has 0 fully saturated rings. The van der Waals surface area contributed by atoms with Gasteiger partial charge in [-0.2, -0.15) is 0 Å². The van der Waals surface area contributed by atoms with Gasteiger partial charge >= 0.3 is 0 Å². The zero-order valence-electron chi connectivity index (χ0n) is 11.7. The van der Waals surface area contributed by atoms with Gasteiger partial charge in [0.05, 0.1) is 10.0 Å². The molecule has 3 rings (SSSR count). The molecule has 0 saturated heterocycles. The lowest BCUT2D eigenvalue weighted by molar-refractivity contribution is 0.541. The van der Waals surface area contributed by atoms with Gasteiger partial charge in [0.25, 0.3) is 0 Å². The summed E-state index contributed by atoms with van der Waals surface area (Å²) in [6, 6.07) is 8.34. The average Bonchev–Trinajstić information content (AvgIpc) is 2.50. The van der Waals surface area contributed by atoms with E-state index in [9.17, 15) is 12.8 Å². The standard InChI is InChI=1S/C15H12Cl2FNO2S2/c16-11-2-1-3-14(15(11)17)23(20,21)19-12-6-7-22-13-5-4-9(18)8-10(12)13/h1-5,8,12,19H,6-7H2/t12-/m1/s1. The lowest BCUT2D eigenvalue weighted by Gasteiger charge is -2.26. The summed E-state index contributed by atoms with van der Waals surface area (Å²) >= 11 is 13.5. The molecule has 0 unspecified atom stereocenters. The summed E-state index contributed by atoms with van der Waals surface area (Å²) in [5.41, 5.74) is 0.642. The zero-order valence-corrected chi connectivity index (χ0v) is 14.9. The molecule has 1 aliphatic heterocycles. The van der Waals surface area contributed by atoms with Crippen molar-refractivity contribution < 1.29 is 12.8 Å². The third-order valence-corrected chi connectivity index (χ3v) is 7.08. The number of sulfonamides is 1. The SMILES string of the molecule is O=S(=O)(N[C@@H]1CCSc2ccc(F)cc21)c1cccc(Cl)c1Cl. The normalized spacial score (nSPS) is 17.8. The maximum absolute atomic E-state index is 13.5. The first kappa shape index (κ1) is 17.0. The predicted molar refractivity (Wildman–Crippen MR) is 91.3 cm³/mol. The molecule has 2 aromatic rings.